The maximum Gasteiger partial charge on any atom is 0.245 e. The maximum absolute atomic E-state index is 13.8. The molecule has 0 bridgehead atoms. The summed E-state index contributed by atoms with van der Waals surface area (Å²) in [5, 5.41) is 2.95. The van der Waals surface area contributed by atoms with Crippen molar-refractivity contribution in [2.24, 2.45) is 0 Å². The second-order valence-electron chi connectivity index (χ2n) is 4.78. The molecule has 0 aliphatic carbocycles. The summed E-state index contributed by atoms with van der Waals surface area (Å²) in [5.74, 6) is -1.34. The van der Waals surface area contributed by atoms with Gasteiger partial charge in [-0.2, -0.15) is 0 Å². The highest BCUT2D eigenvalue weighted by Crippen LogP contribution is 2.21. The van der Waals surface area contributed by atoms with E-state index in [1.54, 1.807) is 18.2 Å². The van der Waals surface area contributed by atoms with E-state index < -0.39 is 28.3 Å². The van der Waals surface area contributed by atoms with Crippen LogP contribution >= 0.6 is 11.6 Å². The van der Waals surface area contributed by atoms with Gasteiger partial charge in [-0.3, -0.25) is 9.10 Å². The van der Waals surface area contributed by atoms with Crippen molar-refractivity contribution in [3.8, 4) is 0 Å². The fourth-order valence-electron chi connectivity index (χ4n) is 1.93. The molecule has 23 heavy (non-hydrogen) atoms. The Morgan fingerprint density at radius 3 is 2.52 bits per heavy atom. The number of nitrogens with zero attached hydrogens (tertiary/aromatic N) is 1. The van der Waals surface area contributed by atoms with E-state index in [-0.39, 0.29) is 5.69 Å². The first kappa shape index (κ1) is 17.2. The molecule has 0 unspecified atom stereocenters. The van der Waals surface area contributed by atoms with Crippen molar-refractivity contribution in [2.75, 3.05) is 22.4 Å². The van der Waals surface area contributed by atoms with Crippen molar-refractivity contribution in [2.45, 2.75) is 0 Å². The molecule has 0 saturated carbocycles. The van der Waals surface area contributed by atoms with Gasteiger partial charge >= 0.3 is 0 Å². The SMILES string of the molecule is CS(=O)(=O)N(CC(=O)Nc1cccc(Cl)c1)c1ccccc1F. The number of anilines is 2. The van der Waals surface area contributed by atoms with Crippen LogP contribution in [0.2, 0.25) is 5.02 Å². The van der Waals surface area contributed by atoms with E-state index in [1.165, 1.54) is 24.3 Å². The third-order valence-electron chi connectivity index (χ3n) is 2.92. The number of sulfonamides is 1. The van der Waals surface area contributed by atoms with Gasteiger partial charge in [-0.1, -0.05) is 29.8 Å². The quantitative estimate of drug-likeness (QED) is 0.895. The monoisotopic (exact) mass is 356 g/mol. The zero-order chi connectivity index (χ0) is 17.0. The summed E-state index contributed by atoms with van der Waals surface area (Å²) in [6.07, 6.45) is 0.909. The van der Waals surface area contributed by atoms with Gasteiger partial charge in [-0.15, -0.1) is 0 Å². The molecule has 0 atom stereocenters. The Bertz CT molecular complexity index is 827. The van der Waals surface area contributed by atoms with E-state index in [1.807, 2.05) is 0 Å². The molecule has 2 aromatic carbocycles. The third kappa shape index (κ3) is 4.67. The zero-order valence-electron chi connectivity index (χ0n) is 12.2. The maximum atomic E-state index is 13.8. The van der Waals surface area contributed by atoms with Crippen LogP contribution < -0.4 is 9.62 Å². The lowest BCUT2D eigenvalue weighted by Gasteiger charge is -2.22. The van der Waals surface area contributed by atoms with Gasteiger partial charge in [0.05, 0.1) is 11.9 Å². The third-order valence-corrected chi connectivity index (χ3v) is 4.28. The fraction of sp³-hybridized carbons (Fsp3) is 0.133. The van der Waals surface area contributed by atoms with Crippen LogP contribution in [-0.4, -0.2) is 27.1 Å². The Kier molecular flexibility index (Phi) is 5.23. The van der Waals surface area contributed by atoms with Gasteiger partial charge in [0.15, 0.2) is 0 Å². The zero-order valence-corrected chi connectivity index (χ0v) is 13.7. The number of hydrogen-bond donors (Lipinski definition) is 1. The molecule has 8 heteroatoms. The Morgan fingerprint density at radius 1 is 1.22 bits per heavy atom. The van der Waals surface area contributed by atoms with Crippen LogP contribution in [0, 0.1) is 5.82 Å². The molecule has 0 aliphatic heterocycles. The van der Waals surface area contributed by atoms with Crippen molar-refractivity contribution in [1.29, 1.82) is 0 Å². The van der Waals surface area contributed by atoms with Crippen LogP contribution in [0.5, 0.6) is 0 Å². The number of amides is 1. The summed E-state index contributed by atoms with van der Waals surface area (Å²) in [7, 11) is -3.83. The second kappa shape index (κ2) is 6.97. The molecule has 1 amide bonds. The minimum atomic E-state index is -3.83. The Hall–Kier alpha value is -2.12. The highest BCUT2D eigenvalue weighted by atomic mass is 35.5. The number of para-hydroxylation sites is 1. The molecule has 0 heterocycles. The normalized spacial score (nSPS) is 11.1. The van der Waals surface area contributed by atoms with Gasteiger partial charge in [0.25, 0.3) is 0 Å². The summed E-state index contributed by atoms with van der Waals surface area (Å²) in [5.41, 5.74) is 0.237. The molecule has 0 spiro atoms. The average molecular weight is 357 g/mol. The lowest BCUT2D eigenvalue weighted by molar-refractivity contribution is -0.114. The molecule has 0 fully saturated rings. The summed E-state index contributed by atoms with van der Waals surface area (Å²) < 4.78 is 38.3. The molecule has 2 aromatic rings. The van der Waals surface area contributed by atoms with Crippen LogP contribution in [-0.2, 0) is 14.8 Å². The van der Waals surface area contributed by atoms with Gasteiger partial charge in [0, 0.05) is 10.7 Å². The Labute approximate surface area is 138 Å². The number of hydrogen-bond acceptors (Lipinski definition) is 3. The number of carbonyl (C=O) groups is 1. The molecular formula is C15H14ClFN2O3S. The number of carbonyl (C=O) groups excluding carboxylic acids is 1. The topological polar surface area (TPSA) is 66.5 Å². The molecule has 0 radical (unpaired) electrons. The van der Waals surface area contributed by atoms with E-state index in [0.29, 0.717) is 15.0 Å². The van der Waals surface area contributed by atoms with Gasteiger partial charge in [0.2, 0.25) is 15.9 Å². The Balaban J connectivity index is 2.22. The van der Waals surface area contributed by atoms with E-state index in [2.05, 4.69) is 5.32 Å². The molecule has 1 N–H and O–H groups in total. The van der Waals surface area contributed by atoms with E-state index in [9.17, 15) is 17.6 Å². The van der Waals surface area contributed by atoms with Crippen LogP contribution in [0.3, 0.4) is 0 Å². The smallest absolute Gasteiger partial charge is 0.245 e. The fourth-order valence-corrected chi connectivity index (χ4v) is 2.98. The summed E-state index contributed by atoms with van der Waals surface area (Å²) in [6.45, 7) is -0.549. The van der Waals surface area contributed by atoms with Crippen molar-refractivity contribution in [3.05, 3.63) is 59.4 Å². The molecule has 5 nitrogen and oxygen atoms in total. The van der Waals surface area contributed by atoms with Gasteiger partial charge < -0.3 is 5.32 Å². The first-order valence-corrected chi connectivity index (χ1v) is 8.77. The van der Waals surface area contributed by atoms with E-state index in [0.717, 1.165) is 12.3 Å². The van der Waals surface area contributed by atoms with Crippen molar-refractivity contribution in [3.63, 3.8) is 0 Å². The van der Waals surface area contributed by atoms with Gasteiger partial charge in [0.1, 0.15) is 12.4 Å². The largest absolute Gasteiger partial charge is 0.324 e. The minimum absolute atomic E-state index is 0.184. The molecule has 122 valence electrons. The first-order chi connectivity index (χ1) is 10.8. The number of halogens is 2. The van der Waals surface area contributed by atoms with Crippen molar-refractivity contribution < 1.29 is 17.6 Å². The van der Waals surface area contributed by atoms with Crippen LogP contribution in [0.4, 0.5) is 15.8 Å². The van der Waals surface area contributed by atoms with Crippen LogP contribution in [0.15, 0.2) is 48.5 Å². The van der Waals surface area contributed by atoms with Crippen LogP contribution in [0.25, 0.3) is 0 Å². The number of rotatable bonds is 5. The predicted molar refractivity (Wildman–Crippen MR) is 88.7 cm³/mol. The summed E-state index contributed by atoms with van der Waals surface area (Å²) >= 11 is 5.82. The van der Waals surface area contributed by atoms with E-state index in [4.69, 9.17) is 11.6 Å². The Morgan fingerprint density at radius 2 is 1.91 bits per heavy atom. The number of benzene rings is 2. The molecule has 0 aromatic heterocycles. The average Bonchev–Trinajstić information content (AvgIpc) is 2.44. The highest BCUT2D eigenvalue weighted by molar-refractivity contribution is 7.92. The first-order valence-electron chi connectivity index (χ1n) is 6.55. The molecular weight excluding hydrogens is 343 g/mol. The lowest BCUT2D eigenvalue weighted by atomic mass is 10.3. The van der Waals surface area contributed by atoms with E-state index >= 15 is 0 Å². The van der Waals surface area contributed by atoms with Crippen molar-refractivity contribution in [1.82, 2.24) is 0 Å². The molecule has 0 aliphatic rings. The predicted octanol–water partition coefficient (Wildman–Crippen LogP) is 2.88. The standard InChI is InChI=1S/C15H14ClFN2O3S/c1-23(21,22)19(14-8-3-2-7-13(14)17)10-15(20)18-12-6-4-5-11(16)9-12/h2-9H,10H2,1H3,(H,18,20). The van der Waals surface area contributed by atoms with Crippen LogP contribution in [0.1, 0.15) is 0 Å². The minimum Gasteiger partial charge on any atom is -0.324 e. The summed E-state index contributed by atoms with van der Waals surface area (Å²) in [6, 6.07) is 11.8. The molecule has 0 saturated heterocycles. The van der Waals surface area contributed by atoms with Gasteiger partial charge in [-0.25, -0.2) is 12.8 Å². The van der Waals surface area contributed by atoms with Gasteiger partial charge in [-0.05, 0) is 30.3 Å². The highest BCUT2D eigenvalue weighted by Gasteiger charge is 2.23. The number of nitrogens with one attached hydrogen (secondary N) is 1. The summed E-state index contributed by atoms with van der Waals surface area (Å²) in [4.78, 5) is 12.1. The van der Waals surface area contributed by atoms with Crippen molar-refractivity contribution >= 4 is 38.9 Å². The second-order valence-corrected chi connectivity index (χ2v) is 7.12. The molecule has 2 rings (SSSR count). The lowest BCUT2D eigenvalue weighted by Crippen LogP contribution is -2.38.